The number of rotatable bonds is 4. The minimum absolute atomic E-state index is 0.278. The van der Waals surface area contributed by atoms with Crippen molar-refractivity contribution >= 4 is 38.8 Å². The molecule has 0 spiro atoms. The Bertz CT molecular complexity index is 715. The smallest absolute Gasteiger partial charge is 0.230 e. The van der Waals surface area contributed by atoms with Crippen molar-refractivity contribution in [3.63, 3.8) is 0 Å². The number of hydrogen-bond donors (Lipinski definition) is 2. The highest BCUT2D eigenvalue weighted by Crippen LogP contribution is 2.23. The van der Waals surface area contributed by atoms with Crippen LogP contribution in [0.3, 0.4) is 0 Å². The molecular formula is C13H14ClN3O2S. The lowest BCUT2D eigenvalue weighted by molar-refractivity contribution is 0.606. The van der Waals surface area contributed by atoms with Crippen molar-refractivity contribution in [3.05, 3.63) is 47.1 Å². The van der Waals surface area contributed by atoms with Crippen molar-refractivity contribution in [3.8, 4) is 0 Å². The topological polar surface area (TPSA) is 71.1 Å². The summed E-state index contributed by atoms with van der Waals surface area (Å²) in [6.07, 6.45) is 2.62. The van der Waals surface area contributed by atoms with Crippen molar-refractivity contribution in [1.29, 1.82) is 0 Å². The molecule has 0 fully saturated rings. The number of pyridine rings is 1. The van der Waals surface area contributed by atoms with E-state index in [4.69, 9.17) is 11.6 Å². The number of anilines is 3. The third-order valence-corrected chi connectivity index (χ3v) is 3.50. The van der Waals surface area contributed by atoms with E-state index in [2.05, 4.69) is 15.0 Å². The number of aryl methyl sites for hydroxylation is 1. The molecular weight excluding hydrogens is 298 g/mol. The van der Waals surface area contributed by atoms with Crippen LogP contribution >= 0.6 is 11.6 Å². The summed E-state index contributed by atoms with van der Waals surface area (Å²) >= 11 is 6.05. The number of halogens is 1. The Kier molecular flexibility index (Phi) is 4.15. The lowest BCUT2D eigenvalue weighted by Gasteiger charge is -2.08. The van der Waals surface area contributed by atoms with Crippen molar-refractivity contribution in [2.24, 2.45) is 0 Å². The third kappa shape index (κ3) is 4.11. The molecule has 1 aromatic carbocycles. The molecule has 0 amide bonds. The number of nitrogens with one attached hydrogen (secondary N) is 2. The summed E-state index contributed by atoms with van der Waals surface area (Å²) in [5, 5.41) is 3.82. The molecule has 5 nitrogen and oxygen atoms in total. The van der Waals surface area contributed by atoms with E-state index in [1.807, 2.05) is 25.1 Å². The number of sulfonamides is 1. The molecule has 106 valence electrons. The molecule has 20 heavy (non-hydrogen) atoms. The zero-order valence-electron chi connectivity index (χ0n) is 11.0. The first-order chi connectivity index (χ1) is 9.33. The van der Waals surface area contributed by atoms with Crippen LogP contribution in [-0.2, 0) is 10.0 Å². The Morgan fingerprint density at radius 2 is 1.85 bits per heavy atom. The molecule has 0 saturated carbocycles. The van der Waals surface area contributed by atoms with Crippen LogP contribution < -0.4 is 10.0 Å². The molecule has 0 saturated heterocycles. The molecule has 7 heteroatoms. The summed E-state index contributed by atoms with van der Waals surface area (Å²) in [7, 11) is -3.31. The first-order valence-corrected chi connectivity index (χ1v) is 8.07. The number of nitrogens with zero attached hydrogens (tertiary/aromatic N) is 1. The fourth-order valence-corrected chi connectivity index (χ4v) is 2.24. The third-order valence-electron chi connectivity index (χ3n) is 2.51. The Balaban J connectivity index is 2.12. The highest BCUT2D eigenvalue weighted by Gasteiger charge is 2.03. The SMILES string of the molecule is Cc1ccc(Nc2ccc(NS(C)(=O)=O)nc2)cc1Cl. The molecule has 0 aliphatic rings. The molecule has 0 radical (unpaired) electrons. The van der Waals surface area contributed by atoms with Gasteiger partial charge < -0.3 is 5.32 Å². The predicted octanol–water partition coefficient (Wildman–Crippen LogP) is 3.16. The molecule has 2 rings (SSSR count). The van der Waals surface area contributed by atoms with E-state index in [1.54, 1.807) is 18.3 Å². The second-order valence-electron chi connectivity index (χ2n) is 4.40. The lowest BCUT2D eigenvalue weighted by Crippen LogP contribution is -2.10. The van der Waals surface area contributed by atoms with Crippen LogP contribution in [0.4, 0.5) is 17.2 Å². The average Bonchev–Trinajstić information content (AvgIpc) is 2.35. The minimum atomic E-state index is -3.31. The molecule has 0 unspecified atom stereocenters. The van der Waals surface area contributed by atoms with E-state index in [0.717, 1.165) is 23.2 Å². The maximum Gasteiger partial charge on any atom is 0.230 e. The summed E-state index contributed by atoms with van der Waals surface area (Å²) < 4.78 is 24.4. The van der Waals surface area contributed by atoms with E-state index in [-0.39, 0.29) is 5.82 Å². The molecule has 2 aromatic rings. The molecule has 0 aliphatic carbocycles. The second-order valence-corrected chi connectivity index (χ2v) is 6.55. The highest BCUT2D eigenvalue weighted by atomic mass is 35.5. The van der Waals surface area contributed by atoms with Gasteiger partial charge >= 0.3 is 0 Å². The van der Waals surface area contributed by atoms with Gasteiger partial charge in [-0.15, -0.1) is 0 Å². The maximum atomic E-state index is 11.1. The fourth-order valence-electron chi connectivity index (χ4n) is 1.56. The van der Waals surface area contributed by atoms with Crippen LogP contribution in [0.2, 0.25) is 5.02 Å². The van der Waals surface area contributed by atoms with E-state index in [0.29, 0.717) is 5.02 Å². The fraction of sp³-hybridized carbons (Fsp3) is 0.154. The quantitative estimate of drug-likeness (QED) is 0.910. The van der Waals surface area contributed by atoms with Crippen LogP contribution in [0, 0.1) is 6.92 Å². The van der Waals surface area contributed by atoms with Gasteiger partial charge in [-0.25, -0.2) is 13.4 Å². The molecule has 0 aliphatic heterocycles. The summed E-state index contributed by atoms with van der Waals surface area (Å²) in [4.78, 5) is 4.01. The van der Waals surface area contributed by atoms with Gasteiger partial charge in [-0.05, 0) is 36.8 Å². The number of aromatic nitrogens is 1. The van der Waals surface area contributed by atoms with Gasteiger partial charge in [-0.3, -0.25) is 4.72 Å². The first-order valence-electron chi connectivity index (χ1n) is 5.80. The Morgan fingerprint density at radius 1 is 1.15 bits per heavy atom. The van der Waals surface area contributed by atoms with Crippen molar-refractivity contribution in [1.82, 2.24) is 4.98 Å². The predicted molar refractivity (Wildman–Crippen MR) is 82.2 cm³/mol. The maximum absolute atomic E-state index is 11.1. The van der Waals surface area contributed by atoms with Gasteiger partial charge in [0.15, 0.2) is 0 Å². The van der Waals surface area contributed by atoms with Crippen LogP contribution in [0.1, 0.15) is 5.56 Å². The van der Waals surface area contributed by atoms with Crippen molar-refractivity contribution in [2.45, 2.75) is 6.92 Å². The average molecular weight is 312 g/mol. The molecule has 0 bridgehead atoms. The van der Waals surface area contributed by atoms with Gasteiger partial charge in [-0.2, -0.15) is 0 Å². The van der Waals surface area contributed by atoms with E-state index >= 15 is 0 Å². The van der Waals surface area contributed by atoms with Gasteiger partial charge in [0.2, 0.25) is 10.0 Å². The van der Waals surface area contributed by atoms with Crippen LogP contribution in [0.5, 0.6) is 0 Å². The van der Waals surface area contributed by atoms with Crippen molar-refractivity contribution < 1.29 is 8.42 Å². The molecule has 0 atom stereocenters. The Morgan fingerprint density at radius 3 is 2.40 bits per heavy atom. The first kappa shape index (κ1) is 14.6. The molecule has 2 N–H and O–H groups in total. The standard InChI is InChI=1S/C13H14ClN3O2S/c1-9-3-4-10(7-12(9)14)16-11-5-6-13(15-8-11)17-20(2,18)19/h3-8,16H,1-2H3,(H,15,17). The van der Waals surface area contributed by atoms with Crippen LogP contribution in [-0.4, -0.2) is 19.7 Å². The van der Waals surface area contributed by atoms with Crippen LogP contribution in [0.25, 0.3) is 0 Å². The monoisotopic (exact) mass is 311 g/mol. The Labute approximate surface area is 123 Å². The van der Waals surface area contributed by atoms with Crippen molar-refractivity contribution in [2.75, 3.05) is 16.3 Å². The highest BCUT2D eigenvalue weighted by molar-refractivity contribution is 7.92. The molecule has 1 heterocycles. The zero-order chi connectivity index (χ0) is 14.8. The number of benzene rings is 1. The Hall–Kier alpha value is -1.79. The zero-order valence-corrected chi connectivity index (χ0v) is 12.6. The summed E-state index contributed by atoms with van der Waals surface area (Å²) in [5.74, 6) is 0.278. The largest absolute Gasteiger partial charge is 0.354 e. The van der Waals surface area contributed by atoms with Gasteiger partial charge in [0.1, 0.15) is 5.82 Å². The van der Waals surface area contributed by atoms with E-state index in [9.17, 15) is 8.42 Å². The van der Waals surface area contributed by atoms with Gasteiger partial charge in [0.25, 0.3) is 0 Å². The minimum Gasteiger partial charge on any atom is -0.354 e. The van der Waals surface area contributed by atoms with Gasteiger partial charge in [0, 0.05) is 10.7 Å². The lowest BCUT2D eigenvalue weighted by atomic mass is 10.2. The summed E-state index contributed by atoms with van der Waals surface area (Å²) in [5.41, 5.74) is 2.58. The molecule has 1 aromatic heterocycles. The second kappa shape index (κ2) is 5.68. The summed E-state index contributed by atoms with van der Waals surface area (Å²) in [6.45, 7) is 1.93. The number of hydrogen-bond acceptors (Lipinski definition) is 4. The van der Waals surface area contributed by atoms with Crippen LogP contribution in [0.15, 0.2) is 36.5 Å². The van der Waals surface area contributed by atoms with Gasteiger partial charge in [-0.1, -0.05) is 17.7 Å². The van der Waals surface area contributed by atoms with E-state index < -0.39 is 10.0 Å². The summed E-state index contributed by atoms with van der Waals surface area (Å²) in [6, 6.07) is 8.95. The van der Waals surface area contributed by atoms with Gasteiger partial charge in [0.05, 0.1) is 18.1 Å². The normalized spacial score (nSPS) is 11.2. The van der Waals surface area contributed by atoms with E-state index in [1.165, 1.54) is 0 Å².